The van der Waals surface area contributed by atoms with Crippen LogP contribution < -0.4 is 5.32 Å². The van der Waals surface area contributed by atoms with Crippen LogP contribution in [-0.4, -0.2) is 25.8 Å². The third kappa shape index (κ3) is 4.97. The third-order valence-electron chi connectivity index (χ3n) is 2.98. The zero-order chi connectivity index (χ0) is 11.4. The maximum atomic E-state index is 5.42. The molecule has 1 N–H and O–H groups in total. The molecule has 2 heteroatoms. The second-order valence-electron chi connectivity index (χ2n) is 5.71. The van der Waals surface area contributed by atoms with E-state index < -0.39 is 0 Å². The summed E-state index contributed by atoms with van der Waals surface area (Å²) in [5.74, 6) is 0. The fourth-order valence-corrected chi connectivity index (χ4v) is 1.60. The van der Waals surface area contributed by atoms with Crippen molar-refractivity contribution in [3.05, 3.63) is 0 Å². The lowest BCUT2D eigenvalue weighted by molar-refractivity contribution is 0.00887. The van der Waals surface area contributed by atoms with Gasteiger partial charge in [0, 0.05) is 13.2 Å². The van der Waals surface area contributed by atoms with E-state index in [0.717, 1.165) is 12.8 Å². The molecule has 1 unspecified atom stereocenters. The van der Waals surface area contributed by atoms with Gasteiger partial charge in [-0.2, -0.15) is 0 Å². The van der Waals surface area contributed by atoms with Gasteiger partial charge in [-0.15, -0.1) is 0 Å². The van der Waals surface area contributed by atoms with Crippen LogP contribution in [0, 0.1) is 5.41 Å². The van der Waals surface area contributed by atoms with Crippen LogP contribution in [-0.2, 0) is 4.74 Å². The Bertz CT molecular complexity index is 158. The lowest BCUT2D eigenvalue weighted by Gasteiger charge is -2.33. The molecular weight excluding hydrogens is 174 g/mol. The van der Waals surface area contributed by atoms with Crippen molar-refractivity contribution in [3.63, 3.8) is 0 Å². The second kappa shape index (κ2) is 5.13. The highest BCUT2D eigenvalue weighted by atomic mass is 16.5. The first-order valence-electron chi connectivity index (χ1n) is 5.45. The topological polar surface area (TPSA) is 21.3 Å². The minimum atomic E-state index is 0.000347. The Morgan fingerprint density at radius 2 is 1.64 bits per heavy atom. The lowest BCUT2D eigenvalue weighted by atomic mass is 9.82. The highest BCUT2D eigenvalue weighted by Gasteiger charge is 2.26. The van der Waals surface area contributed by atoms with Gasteiger partial charge in [0.1, 0.15) is 0 Å². The van der Waals surface area contributed by atoms with Crippen molar-refractivity contribution < 1.29 is 4.74 Å². The minimum Gasteiger partial charge on any atom is -0.379 e. The fourth-order valence-electron chi connectivity index (χ4n) is 1.60. The van der Waals surface area contributed by atoms with Crippen molar-refractivity contribution in [1.82, 2.24) is 5.32 Å². The van der Waals surface area contributed by atoms with Crippen LogP contribution in [0.15, 0.2) is 0 Å². The van der Waals surface area contributed by atoms with Gasteiger partial charge in [-0.05, 0) is 39.2 Å². The maximum absolute atomic E-state index is 5.42. The molecule has 1 atom stereocenters. The number of ether oxygens (including phenoxy) is 1. The molecule has 86 valence electrons. The van der Waals surface area contributed by atoms with Crippen molar-refractivity contribution in [2.45, 2.75) is 59.1 Å². The number of methoxy groups -OCH3 is 1. The molecule has 14 heavy (non-hydrogen) atoms. The summed E-state index contributed by atoms with van der Waals surface area (Å²) in [5.41, 5.74) is 0.318. The van der Waals surface area contributed by atoms with Crippen molar-refractivity contribution in [3.8, 4) is 0 Å². The van der Waals surface area contributed by atoms with Crippen LogP contribution in [0.5, 0.6) is 0 Å². The average Bonchev–Trinajstić information content (AvgIpc) is 2.03. The summed E-state index contributed by atoms with van der Waals surface area (Å²) in [4.78, 5) is 0. The standard InChI is InChI=1S/C12H27NO/c1-11(2,3)10(13-6)8-9-12(4,5)14-7/h10,13H,8-9H2,1-7H3. The number of hydrogen-bond donors (Lipinski definition) is 1. The molecule has 0 rings (SSSR count). The van der Waals surface area contributed by atoms with Gasteiger partial charge in [0.2, 0.25) is 0 Å². The molecule has 0 bridgehead atoms. The molecule has 0 spiro atoms. The molecule has 0 saturated heterocycles. The average molecular weight is 201 g/mol. The Hall–Kier alpha value is -0.0800. The molecule has 0 heterocycles. The SMILES string of the molecule is CNC(CCC(C)(C)OC)C(C)(C)C. The van der Waals surface area contributed by atoms with E-state index >= 15 is 0 Å². The van der Waals surface area contributed by atoms with Crippen molar-refractivity contribution in [2.75, 3.05) is 14.2 Å². The van der Waals surface area contributed by atoms with E-state index in [9.17, 15) is 0 Å². The van der Waals surface area contributed by atoms with Gasteiger partial charge >= 0.3 is 0 Å². The van der Waals surface area contributed by atoms with Crippen molar-refractivity contribution >= 4 is 0 Å². The van der Waals surface area contributed by atoms with E-state index in [-0.39, 0.29) is 5.60 Å². The van der Waals surface area contributed by atoms with E-state index in [0.29, 0.717) is 11.5 Å². The quantitative estimate of drug-likeness (QED) is 0.738. The van der Waals surface area contributed by atoms with E-state index in [1.54, 1.807) is 7.11 Å². The Balaban J connectivity index is 4.10. The number of hydrogen-bond acceptors (Lipinski definition) is 2. The normalized spacial score (nSPS) is 15.6. The Morgan fingerprint density at radius 1 is 1.14 bits per heavy atom. The molecule has 2 nitrogen and oxygen atoms in total. The zero-order valence-electron chi connectivity index (χ0n) is 10.9. The summed E-state index contributed by atoms with van der Waals surface area (Å²) in [6.07, 6.45) is 2.24. The summed E-state index contributed by atoms with van der Waals surface area (Å²) in [7, 11) is 3.82. The van der Waals surface area contributed by atoms with Gasteiger partial charge in [-0.3, -0.25) is 0 Å². The van der Waals surface area contributed by atoms with Crippen molar-refractivity contribution in [1.29, 1.82) is 0 Å². The van der Waals surface area contributed by atoms with Crippen LogP contribution in [0.1, 0.15) is 47.5 Å². The van der Waals surface area contributed by atoms with Gasteiger partial charge < -0.3 is 10.1 Å². The predicted octanol–water partition coefficient (Wildman–Crippen LogP) is 2.83. The van der Waals surface area contributed by atoms with Gasteiger partial charge in [-0.1, -0.05) is 20.8 Å². The van der Waals surface area contributed by atoms with Gasteiger partial charge in [0.15, 0.2) is 0 Å². The maximum Gasteiger partial charge on any atom is 0.0623 e. The molecule has 0 aromatic heterocycles. The van der Waals surface area contributed by atoms with Crippen LogP contribution in [0.3, 0.4) is 0 Å². The largest absolute Gasteiger partial charge is 0.379 e. The summed E-state index contributed by atoms with van der Waals surface area (Å²) in [5, 5.41) is 3.38. The molecule has 0 aliphatic carbocycles. The first-order chi connectivity index (χ1) is 6.23. The van der Waals surface area contributed by atoms with Gasteiger partial charge in [0.05, 0.1) is 5.60 Å². The molecule has 0 amide bonds. The Kier molecular flexibility index (Phi) is 5.10. The molecular formula is C12H27NO. The molecule has 0 aliphatic rings. The van der Waals surface area contributed by atoms with E-state index in [2.05, 4.69) is 39.9 Å². The monoisotopic (exact) mass is 201 g/mol. The first-order valence-corrected chi connectivity index (χ1v) is 5.45. The summed E-state index contributed by atoms with van der Waals surface area (Å²) < 4.78 is 5.42. The lowest BCUT2D eigenvalue weighted by Crippen LogP contribution is -2.39. The van der Waals surface area contributed by atoms with Crippen molar-refractivity contribution in [2.24, 2.45) is 5.41 Å². The Labute approximate surface area is 89.4 Å². The van der Waals surface area contributed by atoms with Crippen LogP contribution in [0.2, 0.25) is 0 Å². The fraction of sp³-hybridized carbons (Fsp3) is 1.00. The second-order valence-corrected chi connectivity index (χ2v) is 5.71. The molecule has 0 radical (unpaired) electrons. The summed E-state index contributed by atoms with van der Waals surface area (Å²) >= 11 is 0. The zero-order valence-corrected chi connectivity index (χ0v) is 10.9. The number of rotatable bonds is 5. The van der Waals surface area contributed by atoms with Crippen LogP contribution >= 0.6 is 0 Å². The van der Waals surface area contributed by atoms with Crippen LogP contribution in [0.25, 0.3) is 0 Å². The molecule has 0 aromatic rings. The molecule has 0 aromatic carbocycles. The molecule has 0 saturated carbocycles. The molecule has 0 aliphatic heterocycles. The first kappa shape index (κ1) is 13.9. The highest BCUT2D eigenvalue weighted by molar-refractivity contribution is 4.82. The molecule has 0 fully saturated rings. The van der Waals surface area contributed by atoms with E-state index in [1.807, 2.05) is 7.05 Å². The highest BCUT2D eigenvalue weighted by Crippen LogP contribution is 2.26. The van der Waals surface area contributed by atoms with E-state index in [4.69, 9.17) is 4.74 Å². The minimum absolute atomic E-state index is 0.000347. The van der Waals surface area contributed by atoms with Crippen LogP contribution in [0.4, 0.5) is 0 Å². The smallest absolute Gasteiger partial charge is 0.0623 e. The summed E-state index contributed by atoms with van der Waals surface area (Å²) in [6.45, 7) is 11.1. The third-order valence-corrected chi connectivity index (χ3v) is 2.98. The predicted molar refractivity (Wildman–Crippen MR) is 62.6 cm³/mol. The number of nitrogens with one attached hydrogen (secondary N) is 1. The van der Waals surface area contributed by atoms with Gasteiger partial charge in [-0.25, -0.2) is 0 Å². The summed E-state index contributed by atoms with van der Waals surface area (Å²) in [6, 6.07) is 0.553. The van der Waals surface area contributed by atoms with Gasteiger partial charge in [0.25, 0.3) is 0 Å². The van der Waals surface area contributed by atoms with E-state index in [1.165, 1.54) is 0 Å². The Morgan fingerprint density at radius 3 is 1.93 bits per heavy atom.